The summed E-state index contributed by atoms with van der Waals surface area (Å²) in [6.45, 7) is 4.11. The molecule has 106 valence electrons. The van der Waals surface area contributed by atoms with Gasteiger partial charge in [0.15, 0.2) is 0 Å². The zero-order valence-electron chi connectivity index (χ0n) is 10.6. The monoisotopic (exact) mass is 283 g/mol. The van der Waals surface area contributed by atoms with Gasteiger partial charge in [-0.25, -0.2) is 0 Å². The highest BCUT2D eigenvalue weighted by Crippen LogP contribution is 2.61. The second-order valence-electron chi connectivity index (χ2n) is 3.70. The van der Waals surface area contributed by atoms with Gasteiger partial charge < -0.3 is 14.2 Å². The number of nitro groups is 1. The van der Waals surface area contributed by atoms with Crippen LogP contribution < -0.4 is 0 Å². The maximum atomic E-state index is 12.4. The lowest BCUT2D eigenvalue weighted by Gasteiger charge is -2.28. The fourth-order valence-electron chi connectivity index (χ4n) is 1.33. The number of carboxylic acid groups (broad SMARTS) is 1. The number of carbonyl (C=O) groups is 1. The predicted molar refractivity (Wildman–Crippen MR) is 63.1 cm³/mol. The molecule has 1 N–H and O–H groups in total. The molecular formula is C9H18NO7P. The zero-order valence-corrected chi connectivity index (χ0v) is 11.5. The smallest absolute Gasteiger partial charge is 0.406 e. The topological polar surface area (TPSA) is 116 Å². The molecule has 0 fully saturated rings. The Morgan fingerprint density at radius 2 is 1.83 bits per heavy atom. The normalized spacial score (nSPS) is 15.1. The van der Waals surface area contributed by atoms with Crippen molar-refractivity contribution < 1.29 is 28.4 Å². The number of nitrogens with zero attached hydrogens (tertiary/aromatic N) is 1. The van der Waals surface area contributed by atoms with Crippen LogP contribution in [-0.2, 0) is 18.4 Å². The van der Waals surface area contributed by atoms with Gasteiger partial charge in [0.2, 0.25) is 0 Å². The van der Waals surface area contributed by atoms with Crippen LogP contribution in [-0.4, -0.2) is 34.5 Å². The molecule has 1 unspecified atom stereocenters. The Kier molecular flexibility index (Phi) is 6.45. The van der Waals surface area contributed by atoms with Crippen LogP contribution in [0.1, 0.15) is 33.6 Å². The van der Waals surface area contributed by atoms with Crippen molar-refractivity contribution in [3.63, 3.8) is 0 Å². The number of hydrogen-bond donors (Lipinski definition) is 1. The molecule has 9 heteroatoms. The highest BCUT2D eigenvalue weighted by atomic mass is 31.2. The van der Waals surface area contributed by atoms with Gasteiger partial charge in [0, 0.05) is 18.3 Å². The van der Waals surface area contributed by atoms with E-state index in [9.17, 15) is 19.5 Å². The Morgan fingerprint density at radius 1 is 1.39 bits per heavy atom. The minimum absolute atomic E-state index is 0.0201. The first kappa shape index (κ1) is 17.0. The Balaban J connectivity index is 5.31. The standard InChI is InChI=1S/C9H18NO7P/c1-4-16-18(15,17-5-2)9(3,10(13)14)7-6-8(11)12/h4-7H2,1-3H3,(H,11,12). The van der Waals surface area contributed by atoms with Gasteiger partial charge in [-0.3, -0.25) is 19.5 Å². The third-order valence-corrected chi connectivity index (χ3v) is 5.16. The third-order valence-electron chi connectivity index (χ3n) is 2.39. The quantitative estimate of drug-likeness (QED) is 0.391. The van der Waals surface area contributed by atoms with Crippen molar-refractivity contribution in [2.75, 3.05) is 13.2 Å². The summed E-state index contributed by atoms with van der Waals surface area (Å²) in [5.74, 6) is -1.21. The van der Waals surface area contributed by atoms with E-state index in [1.165, 1.54) is 13.8 Å². The maximum absolute atomic E-state index is 12.4. The van der Waals surface area contributed by atoms with Crippen molar-refractivity contribution in [1.82, 2.24) is 0 Å². The van der Waals surface area contributed by atoms with Crippen LogP contribution in [0.15, 0.2) is 0 Å². The van der Waals surface area contributed by atoms with E-state index in [4.69, 9.17) is 14.2 Å². The average molecular weight is 283 g/mol. The Bertz CT molecular complexity index is 349. The summed E-state index contributed by atoms with van der Waals surface area (Å²) < 4.78 is 22.3. The van der Waals surface area contributed by atoms with Gasteiger partial charge in [0.1, 0.15) is 0 Å². The minimum atomic E-state index is -4.02. The lowest BCUT2D eigenvalue weighted by atomic mass is 10.2. The summed E-state index contributed by atoms with van der Waals surface area (Å²) in [6.07, 6.45) is -0.909. The highest BCUT2D eigenvalue weighted by molar-refractivity contribution is 7.55. The van der Waals surface area contributed by atoms with E-state index in [1.807, 2.05) is 0 Å². The summed E-state index contributed by atoms with van der Waals surface area (Å²) in [5, 5.41) is 17.6. The molecule has 0 aliphatic rings. The molecule has 0 spiro atoms. The number of rotatable bonds is 9. The van der Waals surface area contributed by atoms with Crippen LogP contribution in [0.3, 0.4) is 0 Å². The summed E-state index contributed by atoms with van der Waals surface area (Å²) in [5.41, 5.74) is 0. The molecule has 0 bridgehead atoms. The molecule has 0 aromatic heterocycles. The van der Waals surface area contributed by atoms with Crippen LogP contribution in [0, 0.1) is 10.1 Å². The fraction of sp³-hybridized carbons (Fsp3) is 0.889. The van der Waals surface area contributed by atoms with E-state index in [1.54, 1.807) is 0 Å². The SMILES string of the molecule is CCOP(=O)(OCC)C(C)(CCC(=O)O)[N+](=O)[O-]. The predicted octanol–water partition coefficient (Wildman–Crippen LogP) is 2.11. The molecule has 0 aromatic rings. The van der Waals surface area contributed by atoms with E-state index in [0.717, 1.165) is 6.92 Å². The van der Waals surface area contributed by atoms with Crippen LogP contribution in [0.5, 0.6) is 0 Å². The molecule has 0 aromatic carbocycles. The van der Waals surface area contributed by atoms with Crippen LogP contribution in [0.25, 0.3) is 0 Å². The second kappa shape index (κ2) is 6.82. The molecule has 0 aliphatic carbocycles. The molecule has 0 saturated carbocycles. The van der Waals surface area contributed by atoms with Crippen molar-refractivity contribution in [3.8, 4) is 0 Å². The minimum Gasteiger partial charge on any atom is -0.481 e. The Hall–Kier alpha value is -0.980. The number of hydrogen-bond acceptors (Lipinski definition) is 6. The molecule has 18 heavy (non-hydrogen) atoms. The molecule has 0 saturated heterocycles. The third kappa shape index (κ3) is 3.76. The molecule has 0 rings (SSSR count). The maximum Gasteiger partial charge on any atom is 0.406 e. The van der Waals surface area contributed by atoms with Crippen LogP contribution in [0.2, 0.25) is 0 Å². The first-order valence-electron chi connectivity index (χ1n) is 5.49. The number of carboxylic acids is 1. The van der Waals surface area contributed by atoms with Gasteiger partial charge in [-0.1, -0.05) is 0 Å². The van der Waals surface area contributed by atoms with E-state index < -0.39 is 36.6 Å². The van der Waals surface area contributed by atoms with E-state index >= 15 is 0 Å². The summed E-state index contributed by atoms with van der Waals surface area (Å²) in [6, 6.07) is 0. The van der Waals surface area contributed by atoms with Crippen LogP contribution in [0.4, 0.5) is 0 Å². The molecule has 0 amide bonds. The zero-order chi connectivity index (χ0) is 14.4. The van der Waals surface area contributed by atoms with Gasteiger partial charge in [0.05, 0.1) is 19.6 Å². The Labute approximate surface area is 105 Å². The lowest BCUT2D eigenvalue weighted by Crippen LogP contribution is -2.37. The fourth-order valence-corrected chi connectivity index (χ4v) is 3.22. The van der Waals surface area contributed by atoms with E-state index in [0.29, 0.717) is 0 Å². The van der Waals surface area contributed by atoms with E-state index in [-0.39, 0.29) is 13.2 Å². The van der Waals surface area contributed by atoms with Crippen molar-refractivity contribution in [3.05, 3.63) is 10.1 Å². The van der Waals surface area contributed by atoms with Crippen molar-refractivity contribution in [2.45, 2.75) is 38.9 Å². The largest absolute Gasteiger partial charge is 0.481 e. The molecular weight excluding hydrogens is 265 g/mol. The summed E-state index contributed by atoms with van der Waals surface area (Å²) >= 11 is 0. The molecule has 1 atom stereocenters. The summed E-state index contributed by atoms with van der Waals surface area (Å²) in [7, 11) is -4.02. The van der Waals surface area contributed by atoms with Crippen molar-refractivity contribution in [2.24, 2.45) is 0 Å². The molecule has 0 heterocycles. The second-order valence-corrected chi connectivity index (χ2v) is 6.18. The lowest BCUT2D eigenvalue weighted by molar-refractivity contribution is -0.541. The highest BCUT2D eigenvalue weighted by Gasteiger charge is 2.58. The van der Waals surface area contributed by atoms with Crippen molar-refractivity contribution in [1.29, 1.82) is 0 Å². The van der Waals surface area contributed by atoms with Gasteiger partial charge in [-0.15, -0.1) is 0 Å². The van der Waals surface area contributed by atoms with Gasteiger partial charge in [-0.05, 0) is 13.8 Å². The Morgan fingerprint density at radius 3 is 2.11 bits per heavy atom. The van der Waals surface area contributed by atoms with Gasteiger partial charge >= 0.3 is 18.8 Å². The molecule has 0 aliphatic heterocycles. The first-order valence-corrected chi connectivity index (χ1v) is 7.03. The van der Waals surface area contributed by atoms with Gasteiger partial charge in [0.25, 0.3) is 0 Å². The summed E-state index contributed by atoms with van der Waals surface area (Å²) in [4.78, 5) is 20.8. The van der Waals surface area contributed by atoms with Crippen molar-refractivity contribution >= 4 is 13.6 Å². The van der Waals surface area contributed by atoms with E-state index in [2.05, 4.69) is 0 Å². The van der Waals surface area contributed by atoms with Crippen LogP contribution >= 0.6 is 7.60 Å². The molecule has 8 nitrogen and oxygen atoms in total. The molecule has 0 radical (unpaired) electrons. The average Bonchev–Trinajstić information content (AvgIpc) is 2.25. The first-order chi connectivity index (χ1) is 8.23. The van der Waals surface area contributed by atoms with Gasteiger partial charge in [-0.2, -0.15) is 0 Å². The number of aliphatic carboxylic acids is 1.